The van der Waals surface area contributed by atoms with Crippen LogP contribution >= 0.6 is 7.82 Å². The van der Waals surface area contributed by atoms with Crippen LogP contribution in [-0.4, -0.2) is 22.9 Å². The zero-order valence-electron chi connectivity index (χ0n) is 9.27. The third-order valence-corrected chi connectivity index (χ3v) is 3.62. The predicted molar refractivity (Wildman–Crippen MR) is 57.1 cm³/mol. The summed E-state index contributed by atoms with van der Waals surface area (Å²) in [6.07, 6.45) is 2.75. The van der Waals surface area contributed by atoms with Gasteiger partial charge in [-0.15, -0.1) is 0 Å². The molecule has 0 radical (unpaired) electrons. The van der Waals surface area contributed by atoms with Crippen molar-refractivity contribution in [1.82, 2.24) is 0 Å². The summed E-state index contributed by atoms with van der Waals surface area (Å²) in [5, 5.41) is 0. The molecular formula is C9H20NO4P. The Balaban J connectivity index is 2.60. The van der Waals surface area contributed by atoms with E-state index in [-0.39, 0.29) is 17.4 Å². The first-order valence-electron chi connectivity index (χ1n) is 5.08. The summed E-state index contributed by atoms with van der Waals surface area (Å²) >= 11 is 0. The van der Waals surface area contributed by atoms with Crippen LogP contribution in [0.4, 0.5) is 0 Å². The average molecular weight is 237 g/mol. The van der Waals surface area contributed by atoms with Crippen molar-refractivity contribution in [3.63, 3.8) is 0 Å². The smallest absolute Gasteiger partial charge is 0.330 e. The van der Waals surface area contributed by atoms with Crippen molar-refractivity contribution in [1.29, 1.82) is 0 Å². The van der Waals surface area contributed by atoms with E-state index in [9.17, 15) is 4.57 Å². The van der Waals surface area contributed by atoms with Gasteiger partial charge in [-0.05, 0) is 24.7 Å². The molecule has 15 heavy (non-hydrogen) atoms. The molecule has 0 saturated heterocycles. The Bertz CT molecular complexity index is 275. The van der Waals surface area contributed by atoms with E-state index in [2.05, 4.69) is 18.4 Å². The van der Waals surface area contributed by atoms with Gasteiger partial charge in [-0.2, -0.15) is 0 Å². The molecule has 0 unspecified atom stereocenters. The first kappa shape index (κ1) is 13.1. The average Bonchev–Trinajstić information content (AvgIpc) is 2.39. The van der Waals surface area contributed by atoms with Crippen molar-refractivity contribution in [2.75, 3.05) is 13.2 Å². The minimum Gasteiger partial charge on any atom is -0.330 e. The Morgan fingerprint density at radius 2 is 2.00 bits per heavy atom. The maximum absolute atomic E-state index is 10.6. The second kappa shape index (κ2) is 4.15. The van der Waals surface area contributed by atoms with E-state index >= 15 is 0 Å². The van der Waals surface area contributed by atoms with Gasteiger partial charge in [-0.3, -0.25) is 4.52 Å². The SMILES string of the molecule is CC1(C)CC[C@@](CN)(COP(=O)(O)O)C1. The summed E-state index contributed by atoms with van der Waals surface area (Å²) in [4.78, 5) is 17.3. The molecular weight excluding hydrogens is 217 g/mol. The number of phosphoric ester groups is 1. The van der Waals surface area contributed by atoms with Gasteiger partial charge in [-0.1, -0.05) is 13.8 Å². The van der Waals surface area contributed by atoms with Crippen LogP contribution in [0.25, 0.3) is 0 Å². The lowest BCUT2D eigenvalue weighted by Gasteiger charge is -2.29. The van der Waals surface area contributed by atoms with Gasteiger partial charge < -0.3 is 15.5 Å². The lowest BCUT2D eigenvalue weighted by Crippen LogP contribution is -2.33. The molecule has 0 spiro atoms. The molecule has 1 rings (SSSR count). The zero-order valence-corrected chi connectivity index (χ0v) is 10.2. The third kappa shape index (κ3) is 3.85. The Morgan fingerprint density at radius 3 is 2.33 bits per heavy atom. The van der Waals surface area contributed by atoms with Crippen LogP contribution in [0.3, 0.4) is 0 Å². The van der Waals surface area contributed by atoms with Crippen molar-refractivity contribution in [3.8, 4) is 0 Å². The van der Waals surface area contributed by atoms with Crippen molar-refractivity contribution >= 4 is 7.82 Å². The number of nitrogens with two attached hydrogens (primary N) is 1. The highest BCUT2D eigenvalue weighted by molar-refractivity contribution is 7.46. The van der Waals surface area contributed by atoms with Gasteiger partial charge in [-0.25, -0.2) is 4.57 Å². The first-order chi connectivity index (χ1) is 6.68. The monoisotopic (exact) mass is 237 g/mol. The second-order valence-electron chi connectivity index (χ2n) is 5.31. The van der Waals surface area contributed by atoms with Crippen LogP contribution in [0.1, 0.15) is 33.1 Å². The summed E-state index contributed by atoms with van der Waals surface area (Å²) in [5.41, 5.74) is 5.62. The second-order valence-corrected chi connectivity index (χ2v) is 6.55. The fraction of sp³-hybridized carbons (Fsp3) is 1.00. The molecule has 0 heterocycles. The van der Waals surface area contributed by atoms with E-state index in [1.54, 1.807) is 0 Å². The molecule has 0 amide bonds. The van der Waals surface area contributed by atoms with E-state index in [4.69, 9.17) is 15.5 Å². The lowest BCUT2D eigenvalue weighted by atomic mass is 9.82. The molecule has 0 bridgehead atoms. The van der Waals surface area contributed by atoms with Crippen LogP contribution in [0, 0.1) is 10.8 Å². The lowest BCUT2D eigenvalue weighted by molar-refractivity contribution is 0.106. The molecule has 6 heteroatoms. The third-order valence-electron chi connectivity index (χ3n) is 3.16. The molecule has 1 atom stereocenters. The maximum Gasteiger partial charge on any atom is 0.469 e. The zero-order chi connectivity index (χ0) is 11.7. The normalized spacial score (nSPS) is 30.7. The summed E-state index contributed by atoms with van der Waals surface area (Å²) in [6, 6.07) is 0. The van der Waals surface area contributed by atoms with Gasteiger partial charge in [0.25, 0.3) is 0 Å². The van der Waals surface area contributed by atoms with Gasteiger partial charge in [0.05, 0.1) is 6.61 Å². The molecule has 0 aromatic carbocycles. The van der Waals surface area contributed by atoms with E-state index < -0.39 is 7.82 Å². The van der Waals surface area contributed by atoms with Gasteiger partial charge in [0.15, 0.2) is 0 Å². The summed E-state index contributed by atoms with van der Waals surface area (Å²) in [5.74, 6) is 0. The first-order valence-corrected chi connectivity index (χ1v) is 6.61. The quantitative estimate of drug-likeness (QED) is 0.640. The largest absolute Gasteiger partial charge is 0.469 e. The topological polar surface area (TPSA) is 92.8 Å². The summed E-state index contributed by atoms with van der Waals surface area (Å²) in [7, 11) is -4.37. The van der Waals surface area contributed by atoms with Crippen molar-refractivity contribution in [3.05, 3.63) is 0 Å². The molecule has 1 aliphatic rings. The van der Waals surface area contributed by atoms with Crippen LogP contribution in [0.5, 0.6) is 0 Å². The number of phosphoric acid groups is 1. The predicted octanol–water partition coefficient (Wildman–Crippen LogP) is 1.25. The summed E-state index contributed by atoms with van der Waals surface area (Å²) < 4.78 is 15.2. The molecule has 0 aromatic heterocycles. The van der Waals surface area contributed by atoms with Crippen molar-refractivity contribution in [2.24, 2.45) is 16.6 Å². The molecule has 5 nitrogen and oxygen atoms in total. The van der Waals surface area contributed by atoms with Gasteiger partial charge >= 0.3 is 7.82 Å². The van der Waals surface area contributed by atoms with E-state index in [0.717, 1.165) is 19.3 Å². The molecule has 1 fully saturated rings. The highest BCUT2D eigenvalue weighted by atomic mass is 31.2. The van der Waals surface area contributed by atoms with E-state index in [1.165, 1.54) is 0 Å². The highest BCUT2D eigenvalue weighted by Crippen LogP contribution is 2.50. The number of hydrogen-bond donors (Lipinski definition) is 3. The number of hydrogen-bond acceptors (Lipinski definition) is 3. The molecule has 1 aliphatic carbocycles. The van der Waals surface area contributed by atoms with E-state index in [1.807, 2.05) is 0 Å². The standard InChI is InChI=1S/C9H20NO4P/c1-8(2)3-4-9(5-8,6-10)7-14-15(11,12)13/h3-7,10H2,1-2H3,(H2,11,12,13)/t9-/m1/s1. The molecule has 0 aromatic rings. The van der Waals surface area contributed by atoms with Crippen LogP contribution in [-0.2, 0) is 9.09 Å². The Hall–Kier alpha value is 0.0700. The minimum atomic E-state index is -4.37. The van der Waals surface area contributed by atoms with Gasteiger partial charge in [0.2, 0.25) is 0 Å². The van der Waals surface area contributed by atoms with Gasteiger partial charge in [0.1, 0.15) is 0 Å². The Morgan fingerprint density at radius 1 is 1.40 bits per heavy atom. The van der Waals surface area contributed by atoms with Crippen molar-refractivity contribution in [2.45, 2.75) is 33.1 Å². The summed E-state index contributed by atoms with van der Waals surface area (Å²) in [6.45, 7) is 4.75. The molecule has 1 saturated carbocycles. The molecule has 0 aliphatic heterocycles. The van der Waals surface area contributed by atoms with Crippen LogP contribution in [0.15, 0.2) is 0 Å². The highest BCUT2D eigenvalue weighted by Gasteiger charge is 2.43. The van der Waals surface area contributed by atoms with Gasteiger partial charge in [0, 0.05) is 12.0 Å². The minimum absolute atomic E-state index is 0.0528. The van der Waals surface area contributed by atoms with Crippen molar-refractivity contribution < 1.29 is 18.9 Å². The van der Waals surface area contributed by atoms with Crippen LogP contribution < -0.4 is 5.73 Å². The van der Waals surface area contributed by atoms with E-state index in [0.29, 0.717) is 6.54 Å². The Labute approximate surface area is 90.2 Å². The Kier molecular flexibility index (Phi) is 3.63. The fourth-order valence-corrected chi connectivity index (χ4v) is 2.81. The molecule has 90 valence electrons. The fourth-order valence-electron chi connectivity index (χ4n) is 2.37. The maximum atomic E-state index is 10.6. The number of rotatable bonds is 4. The van der Waals surface area contributed by atoms with Crippen LogP contribution in [0.2, 0.25) is 0 Å². The molecule has 4 N–H and O–H groups in total.